The van der Waals surface area contributed by atoms with Gasteiger partial charge in [-0.3, -0.25) is 0 Å². The molecule has 0 atom stereocenters. The Bertz CT molecular complexity index is 767. The first kappa shape index (κ1) is 24.7. The second kappa shape index (κ2) is 14.6. The van der Waals surface area contributed by atoms with Crippen molar-refractivity contribution in [2.24, 2.45) is 0 Å². The van der Waals surface area contributed by atoms with Crippen LogP contribution in [0.4, 0.5) is 0 Å². The number of hydrogen-bond donors (Lipinski definition) is 0. The number of rotatable bonds is 11. The van der Waals surface area contributed by atoms with Crippen LogP contribution in [-0.4, -0.2) is 25.2 Å². The summed E-state index contributed by atoms with van der Waals surface area (Å²) in [6.07, 6.45) is 4.42. The van der Waals surface area contributed by atoms with Gasteiger partial charge in [0.05, 0.1) is 24.3 Å². The zero-order valence-corrected chi connectivity index (χ0v) is 17.8. The molecule has 0 aliphatic carbocycles. The molecule has 30 heavy (non-hydrogen) atoms. The number of carbonyl (C=O) groups is 2. The number of benzene rings is 2. The second-order valence-electron chi connectivity index (χ2n) is 5.95. The second-order valence-corrected chi connectivity index (χ2v) is 5.95. The highest BCUT2D eigenvalue weighted by Gasteiger charge is 2.16. The molecule has 0 aliphatic heterocycles. The topological polar surface area (TPSA) is 61.8 Å². The molecular formula is C25H30O5. The maximum atomic E-state index is 12.3. The van der Waals surface area contributed by atoms with Gasteiger partial charge in [0.2, 0.25) is 0 Å². The van der Waals surface area contributed by atoms with Gasteiger partial charge in [0.15, 0.2) is 0 Å². The summed E-state index contributed by atoms with van der Waals surface area (Å²) >= 11 is 0. The quantitative estimate of drug-likeness (QED) is 0.268. The molecule has 0 aromatic heterocycles. The fourth-order valence-electron chi connectivity index (χ4n) is 2.30. The Labute approximate surface area is 179 Å². The predicted molar refractivity (Wildman–Crippen MR) is 119 cm³/mol. The highest BCUT2D eigenvalue weighted by atomic mass is 16.5. The van der Waals surface area contributed by atoms with Crippen LogP contribution >= 0.6 is 0 Å². The Kier molecular flexibility index (Phi) is 12.0. The van der Waals surface area contributed by atoms with Gasteiger partial charge in [0, 0.05) is 0 Å². The van der Waals surface area contributed by atoms with Gasteiger partial charge in [-0.2, -0.15) is 0 Å². The summed E-state index contributed by atoms with van der Waals surface area (Å²) in [6, 6.07) is 14.2. The molecule has 0 saturated heterocycles. The summed E-state index contributed by atoms with van der Waals surface area (Å²) in [5.74, 6) is -0.683. The van der Waals surface area contributed by atoms with Crippen LogP contribution in [0.5, 0.6) is 5.75 Å². The van der Waals surface area contributed by atoms with Gasteiger partial charge in [-0.15, -0.1) is 13.2 Å². The summed E-state index contributed by atoms with van der Waals surface area (Å²) in [5, 5.41) is 0. The smallest absolute Gasteiger partial charge is 0.338 e. The van der Waals surface area contributed by atoms with E-state index in [1.54, 1.807) is 24.3 Å². The number of carbonyl (C=O) groups excluding carboxylic acids is 2. The van der Waals surface area contributed by atoms with Gasteiger partial charge in [-0.05, 0) is 36.6 Å². The fourth-order valence-corrected chi connectivity index (χ4v) is 2.30. The van der Waals surface area contributed by atoms with E-state index in [0.29, 0.717) is 25.2 Å². The largest absolute Gasteiger partial charge is 0.489 e. The standard InChI is InChI=1S/C23H24O5.C2H6/c1-3-5-12-26-22(24)19-14-20(23(25)27-13-6-4-2)16-21(15-19)28-17-18-10-8-7-9-11-18;1-2/h3-4,7-11,14-16H,1-2,5-6,12-13,17H2;1-2H3. The molecule has 0 bridgehead atoms. The third-order valence-corrected chi connectivity index (χ3v) is 3.74. The Hall–Kier alpha value is -3.34. The molecule has 2 aromatic rings. The van der Waals surface area contributed by atoms with Gasteiger partial charge in [-0.25, -0.2) is 9.59 Å². The van der Waals surface area contributed by atoms with E-state index in [2.05, 4.69) is 13.2 Å². The molecule has 0 spiro atoms. The molecular weight excluding hydrogens is 380 g/mol. The summed E-state index contributed by atoms with van der Waals surface area (Å²) in [5.41, 5.74) is 1.42. The first-order valence-corrected chi connectivity index (χ1v) is 10.0. The van der Waals surface area contributed by atoms with Crippen LogP contribution in [0.25, 0.3) is 0 Å². The van der Waals surface area contributed by atoms with E-state index in [1.165, 1.54) is 6.07 Å². The molecule has 0 radical (unpaired) electrons. The molecule has 2 rings (SSSR count). The van der Waals surface area contributed by atoms with Crippen LogP contribution in [0.2, 0.25) is 0 Å². The number of ether oxygens (including phenoxy) is 3. The molecule has 0 N–H and O–H groups in total. The molecule has 0 aliphatic rings. The van der Waals surface area contributed by atoms with Crippen LogP contribution in [0.15, 0.2) is 73.8 Å². The molecule has 5 nitrogen and oxygen atoms in total. The lowest BCUT2D eigenvalue weighted by Crippen LogP contribution is -2.11. The van der Waals surface area contributed by atoms with Crippen molar-refractivity contribution >= 4 is 11.9 Å². The molecule has 160 valence electrons. The van der Waals surface area contributed by atoms with Crippen molar-refractivity contribution in [3.05, 3.63) is 90.5 Å². The third-order valence-electron chi connectivity index (χ3n) is 3.74. The van der Waals surface area contributed by atoms with Gasteiger partial charge >= 0.3 is 11.9 Å². The van der Waals surface area contributed by atoms with Crippen LogP contribution in [0, 0.1) is 0 Å². The van der Waals surface area contributed by atoms with E-state index in [4.69, 9.17) is 14.2 Å². The Morgan fingerprint density at radius 2 is 1.33 bits per heavy atom. The predicted octanol–water partition coefficient (Wildman–Crippen LogP) is 5.76. The maximum Gasteiger partial charge on any atom is 0.338 e. The van der Waals surface area contributed by atoms with E-state index in [-0.39, 0.29) is 24.3 Å². The van der Waals surface area contributed by atoms with Gasteiger partial charge in [0.25, 0.3) is 0 Å². The van der Waals surface area contributed by atoms with E-state index >= 15 is 0 Å². The van der Waals surface area contributed by atoms with E-state index in [0.717, 1.165) is 5.56 Å². The minimum Gasteiger partial charge on any atom is -0.489 e. The van der Waals surface area contributed by atoms with Gasteiger partial charge < -0.3 is 14.2 Å². The molecule has 0 amide bonds. The van der Waals surface area contributed by atoms with Crippen molar-refractivity contribution in [3.63, 3.8) is 0 Å². The number of esters is 2. The van der Waals surface area contributed by atoms with E-state index in [1.807, 2.05) is 44.2 Å². The van der Waals surface area contributed by atoms with E-state index < -0.39 is 11.9 Å². The van der Waals surface area contributed by atoms with Crippen molar-refractivity contribution in [2.75, 3.05) is 13.2 Å². The molecule has 0 unspecified atom stereocenters. The Morgan fingerprint density at radius 1 is 0.833 bits per heavy atom. The number of hydrogen-bond acceptors (Lipinski definition) is 5. The summed E-state index contributed by atoms with van der Waals surface area (Å²) in [7, 11) is 0. The summed E-state index contributed by atoms with van der Waals surface area (Å²) in [6.45, 7) is 11.9. The molecule has 0 heterocycles. The fraction of sp³-hybridized carbons (Fsp3) is 0.280. The van der Waals surface area contributed by atoms with Crippen molar-refractivity contribution in [1.29, 1.82) is 0 Å². The minimum atomic E-state index is -0.535. The maximum absolute atomic E-state index is 12.3. The van der Waals surface area contributed by atoms with Crippen LogP contribution in [0.1, 0.15) is 53.0 Å². The Morgan fingerprint density at radius 3 is 1.80 bits per heavy atom. The van der Waals surface area contributed by atoms with Crippen LogP contribution in [-0.2, 0) is 16.1 Å². The average molecular weight is 411 g/mol. The van der Waals surface area contributed by atoms with Crippen molar-refractivity contribution in [3.8, 4) is 5.75 Å². The first-order chi connectivity index (χ1) is 14.6. The summed E-state index contributed by atoms with van der Waals surface area (Å²) < 4.78 is 16.2. The highest BCUT2D eigenvalue weighted by molar-refractivity contribution is 5.96. The molecule has 0 fully saturated rings. The van der Waals surface area contributed by atoms with Crippen LogP contribution in [0.3, 0.4) is 0 Å². The molecule has 2 aromatic carbocycles. The average Bonchev–Trinajstić information content (AvgIpc) is 2.79. The van der Waals surface area contributed by atoms with Gasteiger partial charge in [0.1, 0.15) is 12.4 Å². The zero-order chi connectivity index (χ0) is 22.2. The van der Waals surface area contributed by atoms with Crippen molar-refractivity contribution < 1.29 is 23.8 Å². The Balaban J connectivity index is 0.00000218. The zero-order valence-electron chi connectivity index (χ0n) is 17.8. The lowest BCUT2D eigenvalue weighted by Gasteiger charge is -2.11. The van der Waals surface area contributed by atoms with Crippen molar-refractivity contribution in [2.45, 2.75) is 33.3 Å². The van der Waals surface area contributed by atoms with Gasteiger partial charge in [-0.1, -0.05) is 56.3 Å². The minimum absolute atomic E-state index is 0.219. The molecule has 0 saturated carbocycles. The van der Waals surface area contributed by atoms with Crippen LogP contribution < -0.4 is 4.74 Å². The molecule has 5 heteroatoms. The van der Waals surface area contributed by atoms with E-state index in [9.17, 15) is 9.59 Å². The lowest BCUT2D eigenvalue weighted by molar-refractivity contribution is 0.0509. The normalized spacial score (nSPS) is 9.53. The SMILES string of the molecule is C=CCCOC(=O)c1cc(OCc2ccccc2)cc(C(=O)OCCC=C)c1.CC. The third kappa shape index (κ3) is 8.78. The van der Waals surface area contributed by atoms with Crippen molar-refractivity contribution in [1.82, 2.24) is 0 Å². The monoisotopic (exact) mass is 410 g/mol. The summed E-state index contributed by atoms with van der Waals surface area (Å²) in [4.78, 5) is 24.6. The highest BCUT2D eigenvalue weighted by Crippen LogP contribution is 2.21. The lowest BCUT2D eigenvalue weighted by atomic mass is 10.1. The first-order valence-electron chi connectivity index (χ1n) is 10.0.